The number of aryl methyl sites for hydroxylation is 1. The predicted molar refractivity (Wildman–Crippen MR) is 219 cm³/mol. The number of piperazine rings is 1. The highest BCUT2D eigenvalue weighted by molar-refractivity contribution is 9.10. The van der Waals surface area contributed by atoms with Crippen molar-refractivity contribution >= 4 is 57.2 Å². The first kappa shape index (κ1) is 35.8. The summed E-state index contributed by atoms with van der Waals surface area (Å²) in [5.41, 5.74) is 6.91. The number of hydrogen-bond acceptors (Lipinski definition) is 10. The molecule has 1 saturated carbocycles. The molecule has 8 rings (SSSR count). The van der Waals surface area contributed by atoms with Crippen molar-refractivity contribution in [2.45, 2.75) is 37.8 Å². The number of aromatic nitrogens is 4. The Morgan fingerprint density at radius 1 is 0.868 bits per heavy atom. The Morgan fingerprint density at radius 3 is 2.34 bits per heavy atom. The fraction of sp³-hybridized carbons (Fsp3) is 0.375. The Bertz CT molecular complexity index is 2120. The minimum Gasteiger partial charge on any atom is -0.488 e. The number of rotatable bonds is 11. The van der Waals surface area contributed by atoms with E-state index in [1.807, 2.05) is 54.3 Å². The third-order valence-corrected chi connectivity index (χ3v) is 12.4. The van der Waals surface area contributed by atoms with E-state index in [1.165, 1.54) is 0 Å². The zero-order valence-corrected chi connectivity index (χ0v) is 33.0. The number of hydrogen-bond donors (Lipinski definition) is 3. The van der Waals surface area contributed by atoms with Gasteiger partial charge in [0.05, 0.1) is 28.1 Å². The normalized spacial score (nSPS) is 17.2. The molecule has 5 aromatic rings. The summed E-state index contributed by atoms with van der Waals surface area (Å²) < 4.78 is 22.7. The van der Waals surface area contributed by atoms with Crippen LogP contribution in [0.1, 0.15) is 25.7 Å². The monoisotopic (exact) mass is 795 g/mol. The van der Waals surface area contributed by atoms with Gasteiger partial charge in [0, 0.05) is 92.9 Å². The molecular formula is C40H47BrN9O2P. The summed E-state index contributed by atoms with van der Waals surface area (Å²) in [6.45, 7) is 9.96. The maximum Gasteiger partial charge on any atom is 0.229 e. The lowest BCUT2D eigenvalue weighted by molar-refractivity contribution is 0.150. The molecule has 4 heterocycles. The van der Waals surface area contributed by atoms with E-state index in [-0.39, 0.29) is 6.10 Å². The quantitative estimate of drug-likeness (QED) is 0.117. The Labute approximate surface area is 320 Å². The summed E-state index contributed by atoms with van der Waals surface area (Å²) in [5, 5.41) is 15.8. The molecule has 0 spiro atoms. The molecule has 11 nitrogen and oxygen atoms in total. The second kappa shape index (κ2) is 15.3. The van der Waals surface area contributed by atoms with Gasteiger partial charge in [0.1, 0.15) is 18.7 Å². The molecule has 2 aromatic heterocycles. The van der Waals surface area contributed by atoms with E-state index in [2.05, 4.69) is 82.2 Å². The zero-order chi connectivity index (χ0) is 36.5. The lowest BCUT2D eigenvalue weighted by atomic mass is 9.98. The molecule has 3 aromatic carbocycles. The second-order valence-corrected chi connectivity index (χ2v) is 18.7. The highest BCUT2D eigenvalue weighted by Gasteiger charge is 2.30. The van der Waals surface area contributed by atoms with Gasteiger partial charge >= 0.3 is 0 Å². The van der Waals surface area contributed by atoms with Crippen molar-refractivity contribution in [2.24, 2.45) is 7.05 Å². The highest BCUT2D eigenvalue weighted by Crippen LogP contribution is 2.44. The topological polar surface area (TPSA) is 112 Å². The van der Waals surface area contributed by atoms with Gasteiger partial charge in [0.2, 0.25) is 5.95 Å². The summed E-state index contributed by atoms with van der Waals surface area (Å²) >= 11 is 3.65. The minimum absolute atomic E-state index is 0.199. The molecule has 2 saturated heterocycles. The molecule has 0 atom stereocenters. The Kier molecular flexibility index (Phi) is 10.3. The van der Waals surface area contributed by atoms with E-state index in [0.29, 0.717) is 22.3 Å². The predicted octanol–water partition coefficient (Wildman–Crippen LogP) is 7.46. The third-order valence-electron chi connectivity index (χ3n) is 10.3. The summed E-state index contributed by atoms with van der Waals surface area (Å²) in [4.78, 5) is 14.7. The largest absolute Gasteiger partial charge is 0.488 e. The van der Waals surface area contributed by atoms with E-state index >= 15 is 0 Å². The van der Waals surface area contributed by atoms with Crippen molar-refractivity contribution in [3.8, 4) is 28.0 Å². The molecule has 276 valence electrons. The number of halogens is 1. The molecule has 2 aliphatic heterocycles. The van der Waals surface area contributed by atoms with Crippen molar-refractivity contribution in [3.63, 3.8) is 0 Å². The fourth-order valence-electron chi connectivity index (χ4n) is 7.36. The standard InChI is InChI=1S/C40H47BrN9O2P/c1-48-26-29(24-44-48)32-22-35(37(52-31-10-11-31)23-36(32)50-17-13-30(14-18-50)49-19-15-42-16-20-49)46-40-43-25-33(41)39(47-40)45-34-12-9-28(21-38(34)53(2,3)51)27-7-5-4-6-8-27/h4-9,12,21-26,30-31,42H,10-11,13-20H2,1-3H3,(H2,43,45,46,47). The van der Waals surface area contributed by atoms with Gasteiger partial charge in [-0.1, -0.05) is 36.4 Å². The van der Waals surface area contributed by atoms with Crippen molar-refractivity contribution in [3.05, 3.63) is 83.7 Å². The van der Waals surface area contributed by atoms with Crippen molar-refractivity contribution < 1.29 is 9.30 Å². The minimum atomic E-state index is -2.67. The van der Waals surface area contributed by atoms with Gasteiger partial charge in [-0.2, -0.15) is 10.1 Å². The first-order valence-corrected chi connectivity index (χ1v) is 21.9. The zero-order valence-electron chi connectivity index (χ0n) is 30.6. The van der Waals surface area contributed by atoms with Crippen LogP contribution in [0.3, 0.4) is 0 Å². The van der Waals surface area contributed by atoms with Crippen LogP contribution in [0.25, 0.3) is 22.3 Å². The number of nitrogens with zero attached hydrogens (tertiary/aromatic N) is 6. The first-order valence-electron chi connectivity index (χ1n) is 18.5. The van der Waals surface area contributed by atoms with Crippen LogP contribution in [-0.2, 0) is 11.6 Å². The van der Waals surface area contributed by atoms with Crippen molar-refractivity contribution in [2.75, 3.05) is 68.1 Å². The number of nitrogens with one attached hydrogen (secondary N) is 3. The molecule has 13 heteroatoms. The van der Waals surface area contributed by atoms with Gasteiger partial charge in [0.15, 0.2) is 0 Å². The molecule has 0 radical (unpaired) electrons. The highest BCUT2D eigenvalue weighted by atomic mass is 79.9. The molecule has 3 aliphatic rings. The molecule has 1 aliphatic carbocycles. The van der Waals surface area contributed by atoms with Gasteiger partial charge in [-0.3, -0.25) is 9.58 Å². The van der Waals surface area contributed by atoms with Gasteiger partial charge in [0.25, 0.3) is 0 Å². The number of benzene rings is 3. The average molecular weight is 797 g/mol. The smallest absolute Gasteiger partial charge is 0.229 e. The second-order valence-electron chi connectivity index (χ2n) is 14.7. The van der Waals surface area contributed by atoms with Gasteiger partial charge in [-0.05, 0) is 84.3 Å². The Balaban J connectivity index is 1.10. The van der Waals surface area contributed by atoms with Crippen LogP contribution in [-0.4, -0.2) is 89.4 Å². The molecule has 0 bridgehead atoms. The lowest BCUT2D eigenvalue weighted by Crippen LogP contribution is -2.52. The molecular weight excluding hydrogens is 749 g/mol. The van der Waals surface area contributed by atoms with Gasteiger partial charge in [-0.15, -0.1) is 0 Å². The molecule has 0 amide bonds. The maximum atomic E-state index is 13.6. The summed E-state index contributed by atoms with van der Waals surface area (Å²) in [6.07, 6.45) is 10.3. The van der Waals surface area contributed by atoms with Crippen LogP contribution >= 0.6 is 23.1 Å². The summed E-state index contributed by atoms with van der Waals surface area (Å²) in [6, 6.07) is 21.2. The molecule has 0 unspecified atom stereocenters. The van der Waals surface area contributed by atoms with E-state index in [9.17, 15) is 4.57 Å². The summed E-state index contributed by atoms with van der Waals surface area (Å²) in [5.74, 6) is 1.76. The van der Waals surface area contributed by atoms with Crippen molar-refractivity contribution in [1.29, 1.82) is 0 Å². The van der Waals surface area contributed by atoms with E-state index in [0.717, 1.165) is 115 Å². The van der Waals surface area contributed by atoms with E-state index < -0.39 is 7.14 Å². The third kappa shape index (κ3) is 8.31. The van der Waals surface area contributed by atoms with Crippen LogP contribution in [0.15, 0.2) is 83.7 Å². The van der Waals surface area contributed by atoms with E-state index in [4.69, 9.17) is 9.72 Å². The average Bonchev–Trinajstić information content (AvgIpc) is 3.89. The van der Waals surface area contributed by atoms with Crippen LogP contribution in [0, 0.1) is 0 Å². The van der Waals surface area contributed by atoms with Crippen LogP contribution in [0.2, 0.25) is 0 Å². The van der Waals surface area contributed by atoms with Crippen molar-refractivity contribution in [1.82, 2.24) is 30.0 Å². The molecule has 53 heavy (non-hydrogen) atoms. The fourth-order valence-corrected chi connectivity index (χ4v) is 8.81. The van der Waals surface area contributed by atoms with E-state index in [1.54, 1.807) is 19.5 Å². The summed E-state index contributed by atoms with van der Waals surface area (Å²) in [7, 11) is -0.715. The number of piperidine rings is 1. The van der Waals surface area contributed by atoms with Crippen LogP contribution in [0.4, 0.5) is 28.8 Å². The van der Waals surface area contributed by atoms with Crippen LogP contribution in [0.5, 0.6) is 5.75 Å². The molecule has 3 N–H and O–H groups in total. The Hall–Kier alpha value is -4.22. The lowest BCUT2D eigenvalue weighted by Gasteiger charge is -2.41. The number of ether oxygens (including phenoxy) is 1. The maximum absolute atomic E-state index is 13.6. The first-order chi connectivity index (χ1) is 25.7. The molecule has 3 fully saturated rings. The Morgan fingerprint density at radius 2 is 1.64 bits per heavy atom. The number of anilines is 5. The van der Waals surface area contributed by atoms with Gasteiger partial charge in [-0.25, -0.2) is 4.98 Å². The van der Waals surface area contributed by atoms with Gasteiger partial charge < -0.3 is 30.2 Å². The van der Waals surface area contributed by atoms with Crippen LogP contribution < -0.4 is 30.9 Å². The SMILES string of the molecule is Cn1cc(-c2cc(Nc3ncc(Br)c(Nc4ccc(-c5ccccc5)cc4P(C)(C)=O)n3)c(OC3CC3)cc2N2CCC(N3CCNCC3)CC2)cn1.